The number of methoxy groups -OCH3 is 1. The van der Waals surface area contributed by atoms with Gasteiger partial charge in [-0.2, -0.15) is 0 Å². The first-order valence-corrected chi connectivity index (χ1v) is 6.71. The molecule has 5 nitrogen and oxygen atoms in total. The third-order valence-electron chi connectivity index (χ3n) is 3.12. The summed E-state index contributed by atoms with van der Waals surface area (Å²) < 4.78 is 10.3. The number of esters is 1. The van der Waals surface area contributed by atoms with Gasteiger partial charge in [0, 0.05) is 17.0 Å². The van der Waals surface area contributed by atoms with Gasteiger partial charge < -0.3 is 19.4 Å². The maximum atomic E-state index is 12.1. The number of fused-ring (bicyclic) bond motifs is 1. The van der Waals surface area contributed by atoms with E-state index in [0.29, 0.717) is 12.3 Å². The zero-order valence-corrected chi connectivity index (χ0v) is 12.4. The van der Waals surface area contributed by atoms with Gasteiger partial charge in [0.2, 0.25) is 0 Å². The van der Waals surface area contributed by atoms with Crippen molar-refractivity contribution in [2.45, 2.75) is 13.5 Å². The van der Waals surface area contributed by atoms with E-state index in [1.807, 2.05) is 18.2 Å². The number of aromatic amines is 1. The Morgan fingerprint density at radius 1 is 1.35 bits per heavy atom. The molecule has 1 aromatic heterocycles. The molecule has 0 bridgehead atoms. The van der Waals surface area contributed by atoms with Crippen molar-refractivity contribution < 1.29 is 19.2 Å². The fraction of sp³-hybridized carbons (Fsp3) is 0.400. The summed E-state index contributed by atoms with van der Waals surface area (Å²) in [5.41, 5.74) is 2.42. The second kappa shape index (κ2) is 5.96. The molecule has 0 radical (unpaired) electrons. The molecule has 0 fully saturated rings. The van der Waals surface area contributed by atoms with Gasteiger partial charge in [0.15, 0.2) is 0 Å². The second-order valence-corrected chi connectivity index (χ2v) is 4.99. The molecule has 0 saturated heterocycles. The molecule has 2 aromatic rings. The molecule has 0 aliphatic heterocycles. The Balaban J connectivity index is 2.56. The maximum absolute atomic E-state index is 12.1. The largest absolute Gasteiger partial charge is 0.497 e. The van der Waals surface area contributed by atoms with Crippen LogP contribution in [0.2, 0.25) is 0 Å². The number of H-pyrrole nitrogens is 1. The summed E-state index contributed by atoms with van der Waals surface area (Å²) >= 11 is 0. The van der Waals surface area contributed by atoms with Crippen LogP contribution in [-0.4, -0.2) is 38.8 Å². The van der Waals surface area contributed by atoms with Crippen molar-refractivity contribution in [3.63, 3.8) is 0 Å². The number of quaternary nitrogens is 1. The van der Waals surface area contributed by atoms with Crippen LogP contribution in [0.5, 0.6) is 5.75 Å². The predicted molar refractivity (Wildman–Crippen MR) is 77.3 cm³/mol. The molecule has 0 aliphatic rings. The first kappa shape index (κ1) is 14.4. The zero-order valence-electron chi connectivity index (χ0n) is 12.4. The standard InChI is InChI=1S/C15H20N2O3/c1-5-20-15(18)14-12(9-17(2)3)11-7-6-10(19-4)8-13(11)16-14/h6-8,16H,5,9H2,1-4H3/p+1. The van der Waals surface area contributed by atoms with Crippen molar-refractivity contribution in [2.24, 2.45) is 0 Å². The van der Waals surface area contributed by atoms with Crippen molar-refractivity contribution in [3.05, 3.63) is 29.5 Å². The smallest absolute Gasteiger partial charge is 0.355 e. The molecule has 2 rings (SSSR count). The van der Waals surface area contributed by atoms with Crippen LogP contribution < -0.4 is 9.64 Å². The summed E-state index contributed by atoms with van der Waals surface area (Å²) in [6.45, 7) is 2.92. The first-order valence-electron chi connectivity index (χ1n) is 6.71. The number of hydrogen-bond acceptors (Lipinski definition) is 3. The SMILES string of the molecule is CCOC(=O)c1[nH]c2cc(OC)ccc2c1C[NH+](C)C. The molecule has 5 heteroatoms. The molecule has 2 N–H and O–H groups in total. The molecular weight excluding hydrogens is 256 g/mol. The topological polar surface area (TPSA) is 55.8 Å². The lowest BCUT2D eigenvalue weighted by molar-refractivity contribution is -0.872. The van der Waals surface area contributed by atoms with Crippen LogP contribution in [-0.2, 0) is 11.3 Å². The maximum Gasteiger partial charge on any atom is 0.355 e. The van der Waals surface area contributed by atoms with Crippen LogP contribution in [0.4, 0.5) is 0 Å². The molecule has 0 aliphatic carbocycles. The minimum absolute atomic E-state index is 0.307. The van der Waals surface area contributed by atoms with Crippen LogP contribution >= 0.6 is 0 Å². The molecule has 108 valence electrons. The van der Waals surface area contributed by atoms with Crippen molar-refractivity contribution in [1.29, 1.82) is 0 Å². The van der Waals surface area contributed by atoms with Crippen molar-refractivity contribution in [1.82, 2.24) is 4.98 Å². The van der Waals surface area contributed by atoms with Crippen LogP contribution in [0.1, 0.15) is 23.0 Å². The molecule has 0 saturated carbocycles. The van der Waals surface area contributed by atoms with E-state index in [2.05, 4.69) is 19.1 Å². The number of benzene rings is 1. The highest BCUT2D eigenvalue weighted by atomic mass is 16.5. The van der Waals surface area contributed by atoms with E-state index in [1.165, 1.54) is 4.90 Å². The average Bonchev–Trinajstić information content (AvgIpc) is 2.76. The minimum atomic E-state index is -0.307. The monoisotopic (exact) mass is 277 g/mol. The number of rotatable bonds is 5. The average molecular weight is 277 g/mol. The fourth-order valence-corrected chi connectivity index (χ4v) is 2.28. The van der Waals surface area contributed by atoms with Gasteiger partial charge in [0.25, 0.3) is 0 Å². The number of nitrogens with one attached hydrogen (secondary N) is 2. The Labute approximate surface area is 118 Å². The highest BCUT2D eigenvalue weighted by molar-refractivity contribution is 5.98. The van der Waals surface area contributed by atoms with Gasteiger partial charge in [-0.15, -0.1) is 0 Å². The first-order chi connectivity index (χ1) is 9.56. The molecule has 0 spiro atoms. The van der Waals surface area contributed by atoms with Crippen molar-refractivity contribution >= 4 is 16.9 Å². The Hall–Kier alpha value is -2.01. The molecule has 0 atom stereocenters. The number of hydrogen-bond donors (Lipinski definition) is 2. The van der Waals surface area contributed by atoms with Gasteiger partial charge in [-0.25, -0.2) is 4.79 Å². The lowest BCUT2D eigenvalue weighted by atomic mass is 10.1. The molecule has 0 unspecified atom stereocenters. The van der Waals surface area contributed by atoms with E-state index in [1.54, 1.807) is 14.0 Å². The number of ether oxygens (including phenoxy) is 2. The minimum Gasteiger partial charge on any atom is -0.497 e. The Morgan fingerprint density at radius 2 is 2.10 bits per heavy atom. The Kier molecular flexibility index (Phi) is 4.29. The normalized spacial score (nSPS) is 11.1. The summed E-state index contributed by atoms with van der Waals surface area (Å²) in [4.78, 5) is 16.5. The summed E-state index contributed by atoms with van der Waals surface area (Å²) in [5.74, 6) is 0.455. The van der Waals surface area contributed by atoms with Gasteiger partial charge in [-0.05, 0) is 19.1 Å². The van der Waals surface area contributed by atoms with Gasteiger partial charge in [0.1, 0.15) is 18.0 Å². The third-order valence-corrected chi connectivity index (χ3v) is 3.12. The second-order valence-electron chi connectivity index (χ2n) is 4.99. The van der Waals surface area contributed by atoms with Gasteiger partial charge >= 0.3 is 5.97 Å². The van der Waals surface area contributed by atoms with Crippen LogP contribution in [0.25, 0.3) is 10.9 Å². The van der Waals surface area contributed by atoms with Crippen molar-refractivity contribution in [2.75, 3.05) is 27.8 Å². The fourth-order valence-electron chi connectivity index (χ4n) is 2.28. The van der Waals surface area contributed by atoms with E-state index in [4.69, 9.17) is 9.47 Å². The third kappa shape index (κ3) is 2.77. The van der Waals surface area contributed by atoms with Gasteiger partial charge in [-0.1, -0.05) is 0 Å². The summed E-state index contributed by atoms with van der Waals surface area (Å²) in [5, 5.41) is 1.04. The Morgan fingerprint density at radius 3 is 2.70 bits per heavy atom. The van der Waals surface area contributed by atoms with Crippen molar-refractivity contribution in [3.8, 4) is 5.75 Å². The van der Waals surface area contributed by atoms with Crippen LogP contribution in [0, 0.1) is 0 Å². The summed E-state index contributed by atoms with van der Waals surface area (Å²) in [6.07, 6.45) is 0. The van der Waals surface area contributed by atoms with E-state index in [9.17, 15) is 4.79 Å². The lowest BCUT2D eigenvalue weighted by Gasteiger charge is -2.08. The van der Waals surface area contributed by atoms with Crippen LogP contribution in [0.15, 0.2) is 18.2 Å². The number of carbonyl (C=O) groups is 1. The van der Waals surface area contributed by atoms with E-state index in [-0.39, 0.29) is 5.97 Å². The van der Waals surface area contributed by atoms with Crippen LogP contribution in [0.3, 0.4) is 0 Å². The van der Waals surface area contributed by atoms with E-state index >= 15 is 0 Å². The Bertz CT molecular complexity index is 617. The number of carbonyl (C=O) groups excluding carboxylic acids is 1. The van der Waals surface area contributed by atoms with E-state index < -0.39 is 0 Å². The zero-order chi connectivity index (χ0) is 14.7. The number of aromatic nitrogens is 1. The van der Waals surface area contributed by atoms with Gasteiger partial charge in [0.05, 0.1) is 33.3 Å². The summed E-state index contributed by atoms with van der Waals surface area (Å²) in [7, 11) is 5.73. The highest BCUT2D eigenvalue weighted by Crippen LogP contribution is 2.26. The highest BCUT2D eigenvalue weighted by Gasteiger charge is 2.20. The molecule has 1 aromatic carbocycles. The molecule has 1 heterocycles. The molecule has 20 heavy (non-hydrogen) atoms. The van der Waals surface area contributed by atoms with Gasteiger partial charge in [-0.3, -0.25) is 0 Å². The lowest BCUT2D eigenvalue weighted by Crippen LogP contribution is -3.04. The molecule has 0 amide bonds. The molecular formula is C15H21N2O3+. The summed E-state index contributed by atoms with van der Waals surface area (Å²) in [6, 6.07) is 5.78. The van der Waals surface area contributed by atoms with E-state index in [0.717, 1.165) is 28.8 Å². The quantitative estimate of drug-likeness (QED) is 0.802. The predicted octanol–water partition coefficient (Wildman–Crippen LogP) is 0.998.